The molecule has 1 aliphatic heterocycles. The van der Waals surface area contributed by atoms with Crippen LogP contribution in [0.15, 0.2) is 46.1 Å². The lowest BCUT2D eigenvalue weighted by molar-refractivity contribution is 0.0321. The lowest BCUT2D eigenvalue weighted by atomic mass is 9.74. The second-order valence-corrected chi connectivity index (χ2v) is 11.0. The Kier molecular flexibility index (Phi) is 8.22. The number of fused-ring (bicyclic) bond motifs is 1. The van der Waals surface area contributed by atoms with E-state index in [0.717, 1.165) is 44.4 Å². The molecule has 1 saturated heterocycles. The Bertz CT molecular complexity index is 1040. The van der Waals surface area contributed by atoms with Crippen LogP contribution in [0, 0.1) is 11.2 Å². The van der Waals surface area contributed by atoms with Gasteiger partial charge >= 0.3 is 0 Å². The quantitative estimate of drug-likeness (QED) is 0.347. The summed E-state index contributed by atoms with van der Waals surface area (Å²) in [5.74, 6) is 0.941. The Hall–Kier alpha value is -1.74. The van der Waals surface area contributed by atoms with Crippen molar-refractivity contribution < 1.29 is 18.6 Å². The zero-order valence-electron chi connectivity index (χ0n) is 18.8. The number of aliphatic hydroxyl groups is 1. The van der Waals surface area contributed by atoms with Crippen molar-refractivity contribution in [3.05, 3.63) is 53.3 Å². The summed E-state index contributed by atoms with van der Waals surface area (Å²) in [6.45, 7) is 2.83. The van der Waals surface area contributed by atoms with E-state index in [1.165, 1.54) is 11.3 Å². The van der Waals surface area contributed by atoms with Crippen LogP contribution in [0.1, 0.15) is 37.4 Å². The Labute approximate surface area is 202 Å². The molecular weight excluding hydrogens is 462 g/mol. The summed E-state index contributed by atoms with van der Waals surface area (Å²) in [6, 6.07) is 9.30. The number of alkyl halides is 1. The van der Waals surface area contributed by atoms with Gasteiger partial charge in [-0.3, -0.25) is 4.98 Å². The molecule has 8 heteroatoms. The van der Waals surface area contributed by atoms with E-state index in [2.05, 4.69) is 27.4 Å². The summed E-state index contributed by atoms with van der Waals surface area (Å²) < 4.78 is 36.6. The third-order valence-corrected chi connectivity index (χ3v) is 8.82. The number of methoxy groups -OCH3 is 1. The Morgan fingerprint density at radius 1 is 1.30 bits per heavy atom. The predicted octanol–water partition coefficient (Wildman–Crippen LogP) is 6.10. The van der Waals surface area contributed by atoms with Crippen LogP contribution in [-0.4, -0.2) is 54.1 Å². The van der Waals surface area contributed by atoms with Gasteiger partial charge in [0.2, 0.25) is 0 Å². The highest BCUT2D eigenvalue weighted by molar-refractivity contribution is 8.01. The number of hydrogen-bond donors (Lipinski definition) is 1. The minimum Gasteiger partial charge on any atom is -0.497 e. The zero-order chi connectivity index (χ0) is 23.3. The molecule has 3 aromatic rings. The van der Waals surface area contributed by atoms with Crippen molar-refractivity contribution in [2.45, 2.75) is 36.1 Å². The Morgan fingerprint density at radius 2 is 2.12 bits per heavy atom. The number of aliphatic hydroxyl groups excluding tert-OH is 1. The van der Waals surface area contributed by atoms with Crippen LogP contribution in [0.5, 0.6) is 5.75 Å². The fourth-order valence-corrected chi connectivity index (χ4v) is 6.41. The van der Waals surface area contributed by atoms with E-state index in [9.17, 15) is 9.50 Å². The van der Waals surface area contributed by atoms with Crippen molar-refractivity contribution in [3.8, 4) is 5.75 Å². The standard InChI is InChI=1S/C25H30F2N2O2S2/c1-31-18-4-5-22-19(15-18)24(21(27)16-28-22)20(26)6-7-25(17-30)8-10-29(11-9-25)12-14-33-23-3-2-13-32-23/h2-5,13,15-16,20,30H,6-12,14,17H2,1H3/t20-/m0/s1. The third kappa shape index (κ3) is 5.85. The van der Waals surface area contributed by atoms with Gasteiger partial charge in [0.1, 0.15) is 17.7 Å². The van der Waals surface area contributed by atoms with Crippen molar-refractivity contribution in [1.82, 2.24) is 9.88 Å². The van der Waals surface area contributed by atoms with Gasteiger partial charge in [0.15, 0.2) is 0 Å². The maximum atomic E-state index is 15.4. The van der Waals surface area contributed by atoms with Gasteiger partial charge in [-0.05, 0) is 73.8 Å². The van der Waals surface area contributed by atoms with E-state index in [0.29, 0.717) is 23.1 Å². The van der Waals surface area contributed by atoms with Crippen molar-refractivity contribution in [3.63, 3.8) is 0 Å². The predicted molar refractivity (Wildman–Crippen MR) is 132 cm³/mol. The highest BCUT2D eigenvalue weighted by Gasteiger charge is 2.35. The largest absolute Gasteiger partial charge is 0.497 e. The highest BCUT2D eigenvalue weighted by atomic mass is 32.2. The average Bonchev–Trinajstić information content (AvgIpc) is 3.36. The van der Waals surface area contributed by atoms with Gasteiger partial charge in [-0.2, -0.15) is 0 Å². The Morgan fingerprint density at radius 3 is 2.82 bits per heavy atom. The van der Waals surface area contributed by atoms with Gasteiger partial charge in [-0.25, -0.2) is 8.78 Å². The van der Waals surface area contributed by atoms with E-state index in [1.54, 1.807) is 29.5 Å². The van der Waals surface area contributed by atoms with Crippen LogP contribution >= 0.6 is 23.1 Å². The van der Waals surface area contributed by atoms with Crippen LogP contribution in [0.2, 0.25) is 0 Å². The van der Waals surface area contributed by atoms with Crippen LogP contribution in [0.25, 0.3) is 10.9 Å². The molecule has 3 heterocycles. The van der Waals surface area contributed by atoms with Gasteiger partial charge in [-0.1, -0.05) is 6.07 Å². The molecule has 1 aliphatic rings. The summed E-state index contributed by atoms with van der Waals surface area (Å²) in [5, 5.41) is 12.7. The number of halogens is 2. The summed E-state index contributed by atoms with van der Waals surface area (Å²) in [4.78, 5) is 6.50. The highest BCUT2D eigenvalue weighted by Crippen LogP contribution is 2.40. The molecule has 4 rings (SSSR count). The first-order chi connectivity index (χ1) is 16.0. The number of benzene rings is 1. The molecule has 0 spiro atoms. The molecule has 0 bridgehead atoms. The van der Waals surface area contributed by atoms with Gasteiger partial charge < -0.3 is 14.7 Å². The number of nitrogens with zero attached hydrogens (tertiary/aromatic N) is 2. The third-order valence-electron chi connectivity index (χ3n) is 6.71. The molecule has 0 radical (unpaired) electrons. The molecule has 0 unspecified atom stereocenters. The normalized spacial score (nSPS) is 17.3. The molecule has 1 aromatic carbocycles. The number of rotatable bonds is 10. The molecule has 1 atom stereocenters. The number of thioether (sulfide) groups is 1. The summed E-state index contributed by atoms with van der Waals surface area (Å²) in [6.07, 6.45) is 1.97. The minimum atomic E-state index is -1.47. The molecule has 1 N–H and O–H groups in total. The van der Waals surface area contributed by atoms with Gasteiger partial charge in [0, 0.05) is 29.9 Å². The molecule has 0 saturated carbocycles. The number of piperidine rings is 1. The molecule has 33 heavy (non-hydrogen) atoms. The minimum absolute atomic E-state index is 0.0326. The molecule has 0 amide bonds. The summed E-state index contributed by atoms with van der Waals surface area (Å²) in [5.41, 5.74) is 0.272. The number of pyridine rings is 1. The smallest absolute Gasteiger partial charge is 0.148 e. The monoisotopic (exact) mass is 492 g/mol. The maximum Gasteiger partial charge on any atom is 0.148 e. The van der Waals surface area contributed by atoms with Crippen LogP contribution in [0.3, 0.4) is 0 Å². The molecular formula is C25H30F2N2O2S2. The topological polar surface area (TPSA) is 45.6 Å². The second kappa shape index (κ2) is 11.1. The van der Waals surface area contributed by atoms with Gasteiger partial charge in [-0.15, -0.1) is 23.1 Å². The molecule has 178 valence electrons. The molecule has 0 aliphatic carbocycles. The first-order valence-electron chi connectivity index (χ1n) is 11.3. The molecule has 4 nitrogen and oxygen atoms in total. The summed E-state index contributed by atoms with van der Waals surface area (Å²) >= 11 is 3.63. The van der Waals surface area contributed by atoms with Crippen molar-refractivity contribution in [2.75, 3.05) is 39.1 Å². The fourth-order valence-electron chi connectivity index (χ4n) is 4.55. The van der Waals surface area contributed by atoms with E-state index >= 15 is 4.39 Å². The van der Waals surface area contributed by atoms with E-state index in [1.807, 2.05) is 11.8 Å². The van der Waals surface area contributed by atoms with E-state index in [4.69, 9.17) is 4.74 Å². The Balaban J connectivity index is 1.35. The first kappa shape index (κ1) is 24.4. The SMILES string of the molecule is COc1ccc2ncc(F)c([C@@H](F)CCC3(CO)CCN(CCSc4cccs4)CC3)c2c1. The average molecular weight is 493 g/mol. The lowest BCUT2D eigenvalue weighted by Gasteiger charge is -2.41. The second-order valence-electron chi connectivity index (χ2n) is 8.69. The molecule has 2 aromatic heterocycles. The van der Waals surface area contributed by atoms with Crippen LogP contribution in [0.4, 0.5) is 8.78 Å². The fraction of sp³-hybridized carbons (Fsp3) is 0.480. The number of likely N-dealkylation sites (tertiary alicyclic amines) is 1. The van der Waals surface area contributed by atoms with E-state index < -0.39 is 12.0 Å². The molecule has 1 fully saturated rings. The van der Waals surface area contributed by atoms with Gasteiger partial charge in [0.25, 0.3) is 0 Å². The van der Waals surface area contributed by atoms with Crippen LogP contribution in [-0.2, 0) is 0 Å². The first-order valence-corrected chi connectivity index (χ1v) is 13.2. The maximum absolute atomic E-state index is 15.4. The number of thiophene rings is 1. The van der Waals surface area contributed by atoms with Crippen molar-refractivity contribution in [2.24, 2.45) is 5.41 Å². The number of aromatic nitrogens is 1. The zero-order valence-corrected chi connectivity index (χ0v) is 20.4. The number of ether oxygens (including phenoxy) is 1. The number of hydrogen-bond acceptors (Lipinski definition) is 6. The van der Waals surface area contributed by atoms with Crippen molar-refractivity contribution >= 4 is 34.0 Å². The van der Waals surface area contributed by atoms with Crippen molar-refractivity contribution in [1.29, 1.82) is 0 Å². The van der Waals surface area contributed by atoms with Gasteiger partial charge in [0.05, 0.1) is 23.0 Å². The summed E-state index contributed by atoms with van der Waals surface area (Å²) in [7, 11) is 1.53. The lowest BCUT2D eigenvalue weighted by Crippen LogP contribution is -2.42. The van der Waals surface area contributed by atoms with Crippen LogP contribution < -0.4 is 4.74 Å². The van der Waals surface area contributed by atoms with E-state index in [-0.39, 0.29) is 24.0 Å².